The zero-order chi connectivity index (χ0) is 21.5. The number of nitrogens with zero attached hydrogens (tertiary/aromatic N) is 4. The third-order valence-electron chi connectivity index (χ3n) is 4.59. The first-order valence-electron chi connectivity index (χ1n) is 9.83. The van der Waals surface area contributed by atoms with E-state index in [4.69, 9.17) is 5.73 Å². The maximum absolute atomic E-state index is 12.6. The number of rotatable bonds is 6. The van der Waals surface area contributed by atoms with Crippen LogP contribution in [-0.4, -0.2) is 37.4 Å². The molecule has 154 valence electrons. The topological polar surface area (TPSA) is 115 Å². The highest BCUT2D eigenvalue weighted by atomic mass is 16.1. The monoisotopic (exact) mass is 411 g/mol. The molecule has 0 bridgehead atoms. The van der Waals surface area contributed by atoms with Gasteiger partial charge in [0.25, 0.3) is 5.91 Å². The second kappa shape index (κ2) is 9.41. The summed E-state index contributed by atoms with van der Waals surface area (Å²) in [7, 11) is 0. The molecule has 4 aromatic rings. The van der Waals surface area contributed by atoms with Gasteiger partial charge in [-0.15, -0.1) is 0 Å². The number of nitrogens with two attached hydrogens (primary N) is 1. The maximum Gasteiger partial charge on any atom is 0.251 e. The van der Waals surface area contributed by atoms with Crippen molar-refractivity contribution in [3.05, 3.63) is 89.6 Å². The van der Waals surface area contributed by atoms with Crippen LogP contribution in [0.4, 0.5) is 5.82 Å². The normalized spacial score (nSPS) is 10.3. The molecule has 0 spiro atoms. The van der Waals surface area contributed by atoms with Crippen molar-refractivity contribution in [2.24, 2.45) is 0 Å². The van der Waals surface area contributed by atoms with E-state index in [1.54, 1.807) is 47.4 Å². The predicted molar refractivity (Wildman–Crippen MR) is 117 cm³/mol. The quantitative estimate of drug-likeness (QED) is 0.333. The van der Waals surface area contributed by atoms with Gasteiger partial charge in [-0.05, 0) is 60.7 Å². The highest BCUT2D eigenvalue weighted by molar-refractivity contribution is 5.95. The van der Waals surface area contributed by atoms with Gasteiger partial charge in [0.1, 0.15) is 11.5 Å². The molecule has 3 heterocycles. The Labute approximate surface area is 179 Å². The number of aryl methyl sites for hydroxylation is 1. The summed E-state index contributed by atoms with van der Waals surface area (Å²) in [6, 6.07) is 12.5. The molecule has 0 radical (unpaired) electrons. The van der Waals surface area contributed by atoms with E-state index in [2.05, 4.69) is 37.4 Å². The second-order valence-electron chi connectivity index (χ2n) is 6.85. The molecule has 0 aliphatic heterocycles. The summed E-state index contributed by atoms with van der Waals surface area (Å²) in [5, 5.41) is 13.9. The van der Waals surface area contributed by atoms with E-state index in [-0.39, 0.29) is 5.91 Å². The van der Waals surface area contributed by atoms with Crippen LogP contribution in [0.3, 0.4) is 0 Å². The van der Waals surface area contributed by atoms with Gasteiger partial charge in [0.05, 0.1) is 17.4 Å². The Morgan fingerprint density at radius 2 is 2.13 bits per heavy atom. The van der Waals surface area contributed by atoms with Crippen molar-refractivity contribution in [2.45, 2.75) is 12.8 Å². The molecule has 0 saturated carbocycles. The minimum atomic E-state index is -0.149. The zero-order valence-electron chi connectivity index (χ0n) is 16.7. The second-order valence-corrected chi connectivity index (χ2v) is 6.85. The number of carbonyl (C=O) groups excluding carboxylic acids is 1. The number of nitrogen functional groups attached to an aromatic ring is 1. The molecule has 3 aromatic heterocycles. The van der Waals surface area contributed by atoms with Gasteiger partial charge in [0, 0.05) is 30.7 Å². The van der Waals surface area contributed by atoms with E-state index >= 15 is 0 Å². The summed E-state index contributed by atoms with van der Waals surface area (Å²) >= 11 is 0. The Morgan fingerprint density at radius 1 is 1.19 bits per heavy atom. The van der Waals surface area contributed by atoms with E-state index in [0.717, 1.165) is 24.1 Å². The van der Waals surface area contributed by atoms with Crippen LogP contribution in [0.5, 0.6) is 0 Å². The van der Waals surface area contributed by atoms with Gasteiger partial charge < -0.3 is 11.1 Å². The van der Waals surface area contributed by atoms with Crippen LogP contribution in [-0.2, 0) is 6.42 Å². The van der Waals surface area contributed by atoms with Crippen LogP contribution in [0, 0.1) is 11.8 Å². The molecule has 8 nitrogen and oxygen atoms in total. The summed E-state index contributed by atoms with van der Waals surface area (Å²) in [6.07, 6.45) is 8.83. The number of carbonyl (C=O) groups is 1. The van der Waals surface area contributed by atoms with Crippen LogP contribution in [0.1, 0.15) is 33.6 Å². The number of amides is 1. The smallest absolute Gasteiger partial charge is 0.251 e. The lowest BCUT2D eigenvalue weighted by Gasteiger charge is -2.09. The van der Waals surface area contributed by atoms with E-state index in [1.807, 2.05) is 24.5 Å². The first-order chi connectivity index (χ1) is 15.2. The van der Waals surface area contributed by atoms with Crippen molar-refractivity contribution in [3.63, 3.8) is 0 Å². The largest absolute Gasteiger partial charge is 0.384 e. The molecule has 0 fully saturated rings. The van der Waals surface area contributed by atoms with Crippen molar-refractivity contribution in [1.29, 1.82) is 0 Å². The minimum absolute atomic E-state index is 0.149. The van der Waals surface area contributed by atoms with Crippen LogP contribution in [0.25, 0.3) is 5.69 Å². The molecular formula is C23H21N7O. The molecule has 31 heavy (non-hydrogen) atoms. The summed E-state index contributed by atoms with van der Waals surface area (Å²) < 4.78 is 1.71. The Morgan fingerprint density at radius 3 is 2.90 bits per heavy atom. The first kappa shape index (κ1) is 19.9. The molecule has 0 aliphatic rings. The highest BCUT2D eigenvalue weighted by Gasteiger charge is 2.10. The zero-order valence-corrected chi connectivity index (χ0v) is 16.7. The number of hydrogen-bond donors (Lipinski definition) is 3. The van der Waals surface area contributed by atoms with Crippen molar-refractivity contribution >= 4 is 11.7 Å². The highest BCUT2D eigenvalue weighted by Crippen LogP contribution is 2.16. The fraction of sp³-hybridized carbons (Fsp3) is 0.130. The number of benzene rings is 1. The number of hydrogen-bond acceptors (Lipinski definition) is 5. The Hall–Kier alpha value is -4.38. The summed E-state index contributed by atoms with van der Waals surface area (Å²) in [6.45, 7) is 0.569. The maximum atomic E-state index is 12.6. The predicted octanol–water partition coefficient (Wildman–Crippen LogP) is 2.33. The van der Waals surface area contributed by atoms with Crippen LogP contribution in [0.15, 0.2) is 67.3 Å². The molecule has 0 atom stereocenters. The number of nitrogens with one attached hydrogen (secondary N) is 2. The molecule has 1 aromatic carbocycles. The SMILES string of the molecule is Nc1cccc(C#Cc2cc(C(=O)NCCCc3cn[nH]c3)ccc2-n2cccn2)n1. The molecule has 0 saturated heterocycles. The Bertz CT molecular complexity index is 1220. The number of H-pyrrole nitrogens is 1. The average molecular weight is 411 g/mol. The fourth-order valence-electron chi connectivity index (χ4n) is 3.05. The van der Waals surface area contributed by atoms with Gasteiger partial charge in [-0.25, -0.2) is 9.67 Å². The molecule has 8 heteroatoms. The fourth-order valence-corrected chi connectivity index (χ4v) is 3.05. The third kappa shape index (κ3) is 5.16. The number of anilines is 1. The van der Waals surface area contributed by atoms with Crippen molar-refractivity contribution in [1.82, 2.24) is 30.3 Å². The lowest BCUT2D eigenvalue weighted by molar-refractivity contribution is 0.0953. The van der Waals surface area contributed by atoms with E-state index < -0.39 is 0 Å². The van der Waals surface area contributed by atoms with Crippen LogP contribution in [0.2, 0.25) is 0 Å². The van der Waals surface area contributed by atoms with Gasteiger partial charge in [-0.3, -0.25) is 9.89 Å². The van der Waals surface area contributed by atoms with Gasteiger partial charge >= 0.3 is 0 Å². The molecule has 0 unspecified atom stereocenters. The van der Waals surface area contributed by atoms with Crippen molar-refractivity contribution < 1.29 is 4.79 Å². The molecule has 4 N–H and O–H groups in total. The van der Waals surface area contributed by atoms with Gasteiger partial charge in [0.2, 0.25) is 0 Å². The molecule has 4 rings (SSSR count). The molecule has 0 aliphatic carbocycles. The number of aromatic amines is 1. The standard InChI is InChI=1S/C23H21N7O/c24-22-6-1-5-20(29-22)9-7-18-14-19(8-10-21(18)30-13-3-12-28-30)23(31)25-11-2-4-17-15-26-27-16-17/h1,3,5-6,8,10,12-16H,2,4,11H2,(H2,24,29)(H,25,31)(H,26,27). The Balaban J connectivity index is 1.52. The number of aromatic nitrogens is 5. The summed E-state index contributed by atoms with van der Waals surface area (Å²) in [5.41, 5.74) is 9.38. The summed E-state index contributed by atoms with van der Waals surface area (Å²) in [4.78, 5) is 16.9. The van der Waals surface area contributed by atoms with Crippen molar-refractivity contribution in [2.75, 3.05) is 12.3 Å². The van der Waals surface area contributed by atoms with Gasteiger partial charge in [0.15, 0.2) is 0 Å². The van der Waals surface area contributed by atoms with Crippen LogP contribution < -0.4 is 11.1 Å². The third-order valence-corrected chi connectivity index (χ3v) is 4.59. The van der Waals surface area contributed by atoms with E-state index in [1.165, 1.54) is 0 Å². The van der Waals surface area contributed by atoms with E-state index in [9.17, 15) is 4.79 Å². The average Bonchev–Trinajstić information content (AvgIpc) is 3.49. The first-order valence-corrected chi connectivity index (χ1v) is 9.83. The number of pyridine rings is 1. The molecular weight excluding hydrogens is 390 g/mol. The van der Waals surface area contributed by atoms with Crippen molar-refractivity contribution in [3.8, 4) is 17.5 Å². The van der Waals surface area contributed by atoms with Gasteiger partial charge in [-0.1, -0.05) is 12.0 Å². The minimum Gasteiger partial charge on any atom is -0.384 e. The molecule has 1 amide bonds. The van der Waals surface area contributed by atoms with Crippen LogP contribution >= 0.6 is 0 Å². The Kier molecular flexibility index (Phi) is 6.05. The van der Waals surface area contributed by atoms with Gasteiger partial charge in [-0.2, -0.15) is 10.2 Å². The lowest BCUT2D eigenvalue weighted by atomic mass is 10.1. The van der Waals surface area contributed by atoms with E-state index in [0.29, 0.717) is 29.2 Å². The summed E-state index contributed by atoms with van der Waals surface area (Å²) in [5.74, 6) is 6.38. The lowest BCUT2D eigenvalue weighted by Crippen LogP contribution is -2.25.